The number of halogens is 2. The summed E-state index contributed by atoms with van der Waals surface area (Å²) in [7, 11) is -4.21. The minimum atomic E-state index is -4.21. The molecule has 0 spiro atoms. The molecule has 3 aromatic rings. The van der Waals surface area contributed by atoms with Gasteiger partial charge in [0.15, 0.2) is 17.0 Å². The van der Waals surface area contributed by atoms with E-state index in [4.69, 9.17) is 47.5 Å². The summed E-state index contributed by atoms with van der Waals surface area (Å²) in [6.45, 7) is 5.98. The van der Waals surface area contributed by atoms with Gasteiger partial charge in [-0.3, -0.25) is 13.9 Å². The monoisotopic (exact) mass is 602 g/mol. The third-order valence-electron chi connectivity index (χ3n) is 5.80. The van der Waals surface area contributed by atoms with Crippen molar-refractivity contribution in [3.05, 3.63) is 41.8 Å². The Balaban J connectivity index is 1.55. The number of alkyl halides is 1. The average Bonchev–Trinajstić information content (AvgIpc) is 3.36. The summed E-state index contributed by atoms with van der Waals surface area (Å²) in [5.74, 6) is -0.508. The van der Waals surface area contributed by atoms with Crippen molar-refractivity contribution in [1.29, 1.82) is 0 Å². The van der Waals surface area contributed by atoms with Gasteiger partial charge in [0.05, 0.1) is 19.0 Å². The lowest BCUT2D eigenvalue weighted by molar-refractivity contribution is -0.149. The number of para-hydroxylation sites is 1. The Kier molecular flexibility index (Phi) is 8.72. The van der Waals surface area contributed by atoms with Crippen LogP contribution in [0.3, 0.4) is 0 Å². The van der Waals surface area contributed by atoms with Crippen LogP contribution in [-0.2, 0) is 23.4 Å². The molecule has 1 aliphatic heterocycles. The molecular formula is C23H29Cl2N6O7P. The smallest absolute Gasteiger partial charge is 0.459 e. The minimum absolute atomic E-state index is 0.0427. The maximum absolute atomic E-state index is 13.8. The number of carbonyl (C=O) groups excluding carboxylic acids is 1. The quantitative estimate of drug-likeness (QED) is 0.134. The number of nitrogens with zero attached hydrogens (tertiary/aromatic N) is 4. The maximum atomic E-state index is 13.8. The number of aliphatic hydroxyl groups excluding tert-OH is 1. The van der Waals surface area contributed by atoms with Gasteiger partial charge < -0.3 is 24.8 Å². The number of benzene rings is 1. The van der Waals surface area contributed by atoms with Gasteiger partial charge >= 0.3 is 13.7 Å². The van der Waals surface area contributed by atoms with Crippen LogP contribution in [0.5, 0.6) is 5.75 Å². The van der Waals surface area contributed by atoms with Crippen LogP contribution in [0.15, 0.2) is 36.7 Å². The van der Waals surface area contributed by atoms with E-state index in [0.717, 1.165) is 0 Å². The molecule has 0 radical (unpaired) electrons. The molecule has 1 aliphatic rings. The van der Waals surface area contributed by atoms with Crippen LogP contribution in [0.25, 0.3) is 11.2 Å². The molecule has 1 aromatic carbocycles. The second kappa shape index (κ2) is 11.5. The van der Waals surface area contributed by atoms with Crippen LogP contribution < -0.4 is 15.3 Å². The van der Waals surface area contributed by atoms with E-state index in [2.05, 4.69) is 20.0 Å². The summed E-state index contributed by atoms with van der Waals surface area (Å²) in [5, 5.41) is 13.7. The fraction of sp³-hybridized carbons (Fsp3) is 0.478. The molecule has 3 heterocycles. The van der Waals surface area contributed by atoms with E-state index in [1.165, 1.54) is 17.8 Å². The van der Waals surface area contributed by atoms with Crippen molar-refractivity contribution in [3.63, 3.8) is 0 Å². The van der Waals surface area contributed by atoms with Crippen molar-refractivity contribution in [1.82, 2.24) is 24.6 Å². The number of nitrogens with one attached hydrogen (secondary N) is 1. The number of nitrogens with two attached hydrogens (primary N) is 1. The van der Waals surface area contributed by atoms with Gasteiger partial charge in [0, 0.05) is 0 Å². The first-order valence-corrected chi connectivity index (χ1v) is 14.3. The standard InChI is InChI=1S/C23H29Cl2N6O7P/c1-12(2)36-20(33)13(3)30-39(34,38-14-8-6-5-7-9-14)35-10-15-17(32)23(4,25)21(37-15)31-11-27-16-18(24)28-22(26)29-19(16)31/h5-9,11-13,15,17,21,32H,10H2,1-4H3,(H,30,34)(H2,26,28,29)/t13-,15-,17-,21-,23-,39-/m1/s1. The fourth-order valence-electron chi connectivity index (χ4n) is 3.93. The van der Waals surface area contributed by atoms with Crippen molar-refractivity contribution in [2.24, 2.45) is 0 Å². The molecule has 0 aliphatic carbocycles. The number of ether oxygens (including phenoxy) is 2. The number of aromatic nitrogens is 4. The van der Waals surface area contributed by atoms with Crippen LogP contribution in [0, 0.1) is 0 Å². The van der Waals surface area contributed by atoms with Crippen molar-refractivity contribution in [3.8, 4) is 5.75 Å². The van der Waals surface area contributed by atoms with Gasteiger partial charge in [-0.2, -0.15) is 15.1 Å². The van der Waals surface area contributed by atoms with Gasteiger partial charge in [0.1, 0.15) is 34.4 Å². The van der Waals surface area contributed by atoms with Crippen LogP contribution in [-0.4, -0.2) is 66.4 Å². The lowest BCUT2D eigenvalue weighted by Crippen LogP contribution is -2.40. The van der Waals surface area contributed by atoms with E-state index >= 15 is 0 Å². The van der Waals surface area contributed by atoms with E-state index < -0.39 is 49.7 Å². The second-order valence-electron chi connectivity index (χ2n) is 9.35. The van der Waals surface area contributed by atoms with E-state index in [-0.39, 0.29) is 34.1 Å². The number of fused-ring (bicyclic) bond motifs is 1. The third kappa shape index (κ3) is 6.46. The zero-order valence-electron chi connectivity index (χ0n) is 21.5. The first-order chi connectivity index (χ1) is 18.3. The zero-order chi connectivity index (χ0) is 28.5. The number of imidazole rings is 1. The summed E-state index contributed by atoms with van der Waals surface area (Å²) < 4.78 is 37.8. The molecule has 16 heteroatoms. The van der Waals surface area contributed by atoms with Gasteiger partial charge in [-0.05, 0) is 39.8 Å². The average molecular weight is 603 g/mol. The van der Waals surface area contributed by atoms with Crippen molar-refractivity contribution in [2.75, 3.05) is 12.3 Å². The van der Waals surface area contributed by atoms with Gasteiger partial charge in [-0.1, -0.05) is 29.8 Å². The molecule has 2 aromatic heterocycles. The molecule has 1 saturated heterocycles. The third-order valence-corrected chi connectivity index (χ3v) is 8.12. The highest BCUT2D eigenvalue weighted by molar-refractivity contribution is 7.52. The van der Waals surface area contributed by atoms with E-state index in [0.29, 0.717) is 0 Å². The van der Waals surface area contributed by atoms with E-state index in [1.54, 1.807) is 51.1 Å². The van der Waals surface area contributed by atoms with Crippen molar-refractivity contribution >= 4 is 54.0 Å². The highest BCUT2D eigenvalue weighted by Gasteiger charge is 2.54. The Morgan fingerprint density at radius 2 is 2.00 bits per heavy atom. The molecule has 39 heavy (non-hydrogen) atoms. The summed E-state index contributed by atoms with van der Waals surface area (Å²) in [5.41, 5.74) is 6.26. The fourth-order valence-corrected chi connectivity index (χ4v) is 5.95. The molecule has 6 atom stereocenters. The Hall–Kier alpha value is -2.51. The van der Waals surface area contributed by atoms with Crippen LogP contribution in [0.4, 0.5) is 5.95 Å². The number of rotatable bonds is 10. The predicted octanol–water partition coefficient (Wildman–Crippen LogP) is 3.45. The van der Waals surface area contributed by atoms with Gasteiger partial charge in [-0.25, -0.2) is 9.55 Å². The molecule has 0 bridgehead atoms. The van der Waals surface area contributed by atoms with Gasteiger partial charge in [0.25, 0.3) is 0 Å². The van der Waals surface area contributed by atoms with Crippen LogP contribution in [0.1, 0.15) is 33.9 Å². The number of nitrogen functional groups attached to an aromatic ring is 1. The van der Waals surface area contributed by atoms with E-state index in [1.807, 2.05) is 0 Å². The van der Waals surface area contributed by atoms with E-state index in [9.17, 15) is 14.5 Å². The number of carbonyl (C=O) groups is 1. The number of anilines is 1. The molecule has 0 unspecified atom stereocenters. The van der Waals surface area contributed by atoms with Crippen LogP contribution >= 0.6 is 30.9 Å². The Labute approximate surface area is 234 Å². The highest BCUT2D eigenvalue weighted by atomic mass is 35.5. The Bertz CT molecular complexity index is 1380. The molecule has 4 N–H and O–H groups in total. The maximum Gasteiger partial charge on any atom is 0.459 e. The first-order valence-electron chi connectivity index (χ1n) is 12.0. The highest BCUT2D eigenvalue weighted by Crippen LogP contribution is 2.48. The largest absolute Gasteiger partial charge is 0.462 e. The minimum Gasteiger partial charge on any atom is -0.462 e. The normalized spacial score (nSPS) is 25.5. The number of hydrogen-bond acceptors (Lipinski definition) is 11. The number of esters is 1. The van der Waals surface area contributed by atoms with Crippen molar-refractivity contribution in [2.45, 2.75) is 63.2 Å². The first kappa shape index (κ1) is 29.5. The predicted molar refractivity (Wildman–Crippen MR) is 143 cm³/mol. The summed E-state index contributed by atoms with van der Waals surface area (Å²) in [6.07, 6.45) is -2.37. The molecule has 0 amide bonds. The molecule has 0 saturated carbocycles. The van der Waals surface area contributed by atoms with Gasteiger partial charge in [-0.15, -0.1) is 11.6 Å². The van der Waals surface area contributed by atoms with Crippen LogP contribution in [0.2, 0.25) is 5.15 Å². The van der Waals surface area contributed by atoms with Crippen molar-refractivity contribution < 1.29 is 33.0 Å². The molecule has 4 rings (SSSR count). The summed E-state index contributed by atoms with van der Waals surface area (Å²) in [4.78, 5) is 23.2. The summed E-state index contributed by atoms with van der Waals surface area (Å²) in [6, 6.07) is 7.22. The Morgan fingerprint density at radius 1 is 1.31 bits per heavy atom. The lowest BCUT2D eigenvalue weighted by Gasteiger charge is -2.26. The molecule has 13 nitrogen and oxygen atoms in total. The lowest BCUT2D eigenvalue weighted by atomic mass is 10.0. The summed E-state index contributed by atoms with van der Waals surface area (Å²) >= 11 is 12.9. The topological polar surface area (TPSA) is 173 Å². The number of hydrogen-bond donors (Lipinski definition) is 3. The number of aliphatic hydroxyl groups is 1. The molecule has 212 valence electrons. The second-order valence-corrected chi connectivity index (χ2v) is 12.2. The SMILES string of the molecule is CC(C)OC(=O)[C@@H](C)N[P@@](=O)(OC[C@H]1O[C@@H](n2cnc3c(Cl)nc(N)nc32)[C@](C)(Cl)[C@@H]1O)Oc1ccccc1. The van der Waals surface area contributed by atoms with Gasteiger partial charge in [0.2, 0.25) is 5.95 Å². The zero-order valence-corrected chi connectivity index (χ0v) is 23.9. The molecular weight excluding hydrogens is 574 g/mol. The Morgan fingerprint density at radius 3 is 2.67 bits per heavy atom. The molecule has 1 fully saturated rings.